The second kappa shape index (κ2) is 8.94. The van der Waals surface area contributed by atoms with Gasteiger partial charge in [-0.15, -0.1) is 0 Å². The highest BCUT2D eigenvalue weighted by Gasteiger charge is 2.21. The summed E-state index contributed by atoms with van der Waals surface area (Å²) in [5.74, 6) is 1.08. The van der Waals surface area contributed by atoms with Crippen LogP contribution in [0, 0.1) is 0 Å². The quantitative estimate of drug-likeness (QED) is 0.625. The molecule has 2 aliphatic heterocycles. The van der Waals surface area contributed by atoms with Crippen molar-refractivity contribution in [2.45, 2.75) is 38.2 Å². The number of aryl methyl sites for hydroxylation is 1. The molecule has 1 aromatic heterocycles. The van der Waals surface area contributed by atoms with Crippen LogP contribution in [0.5, 0.6) is 11.6 Å². The number of methoxy groups -OCH3 is 2. The first-order chi connectivity index (χ1) is 14.2. The summed E-state index contributed by atoms with van der Waals surface area (Å²) >= 11 is 0. The second-order valence-electron chi connectivity index (χ2n) is 7.14. The van der Waals surface area contributed by atoms with Gasteiger partial charge in [0.1, 0.15) is 19.0 Å². The van der Waals surface area contributed by atoms with Gasteiger partial charge in [-0.25, -0.2) is 4.79 Å². The maximum Gasteiger partial charge on any atom is 0.351 e. The third-order valence-electron chi connectivity index (χ3n) is 5.30. The van der Waals surface area contributed by atoms with Gasteiger partial charge in [-0.05, 0) is 43.0 Å². The van der Waals surface area contributed by atoms with Crippen molar-refractivity contribution in [3.05, 3.63) is 40.3 Å². The van der Waals surface area contributed by atoms with E-state index in [-0.39, 0.29) is 11.8 Å². The first-order valence-corrected chi connectivity index (χ1v) is 9.86. The molecule has 0 bridgehead atoms. The van der Waals surface area contributed by atoms with Crippen LogP contribution in [-0.2, 0) is 27.2 Å². The molecule has 1 atom stereocenters. The molecule has 2 aliphatic rings. The number of aromatic nitrogens is 2. The lowest BCUT2D eigenvalue weighted by molar-refractivity contribution is -0.121. The van der Waals surface area contributed by atoms with Crippen LogP contribution in [-0.4, -0.2) is 56.0 Å². The molecule has 1 saturated heterocycles. The topological polar surface area (TPSA) is 81.0 Å². The lowest BCUT2D eigenvalue weighted by Crippen LogP contribution is -2.29. The monoisotopic (exact) mass is 402 g/mol. The van der Waals surface area contributed by atoms with Crippen LogP contribution < -0.4 is 15.2 Å². The lowest BCUT2D eigenvalue weighted by Gasteiger charge is -2.23. The number of benzene rings is 1. The highest BCUT2D eigenvalue weighted by atomic mass is 16.7. The Bertz CT molecular complexity index is 903. The molecule has 0 saturated carbocycles. The molecule has 0 N–H and O–H groups in total. The largest absolute Gasteiger partial charge is 0.488 e. The summed E-state index contributed by atoms with van der Waals surface area (Å²) in [4.78, 5) is 16.6. The van der Waals surface area contributed by atoms with E-state index in [1.807, 2.05) is 24.3 Å². The highest BCUT2D eigenvalue weighted by Crippen LogP contribution is 2.32. The average molecular weight is 402 g/mol. The van der Waals surface area contributed by atoms with E-state index in [0.717, 1.165) is 48.4 Å². The summed E-state index contributed by atoms with van der Waals surface area (Å²) in [6.07, 6.45) is 2.41. The van der Waals surface area contributed by atoms with Crippen LogP contribution in [0.1, 0.15) is 18.4 Å². The molecule has 8 heteroatoms. The first kappa shape index (κ1) is 19.9. The normalized spacial score (nSPS) is 17.8. The van der Waals surface area contributed by atoms with Crippen molar-refractivity contribution in [3.8, 4) is 22.9 Å². The van der Waals surface area contributed by atoms with E-state index in [1.54, 1.807) is 18.8 Å². The Morgan fingerprint density at radius 2 is 2.10 bits per heavy atom. The zero-order valence-corrected chi connectivity index (χ0v) is 16.8. The number of ether oxygens (including phenoxy) is 5. The van der Waals surface area contributed by atoms with Crippen LogP contribution in [0.2, 0.25) is 0 Å². The lowest BCUT2D eigenvalue weighted by atomic mass is 9.97. The van der Waals surface area contributed by atoms with Crippen molar-refractivity contribution < 1.29 is 23.7 Å². The fourth-order valence-electron chi connectivity index (χ4n) is 3.70. The number of rotatable bonds is 8. The van der Waals surface area contributed by atoms with Gasteiger partial charge in [0.25, 0.3) is 0 Å². The molecule has 1 aromatic carbocycles. The van der Waals surface area contributed by atoms with Gasteiger partial charge in [0.2, 0.25) is 5.88 Å². The summed E-state index contributed by atoms with van der Waals surface area (Å²) in [6, 6.07) is 7.68. The van der Waals surface area contributed by atoms with Crippen molar-refractivity contribution in [1.82, 2.24) is 9.55 Å². The predicted molar refractivity (Wildman–Crippen MR) is 105 cm³/mol. The van der Waals surface area contributed by atoms with Crippen molar-refractivity contribution in [2.24, 2.45) is 0 Å². The van der Waals surface area contributed by atoms with Gasteiger partial charge in [0, 0.05) is 39.0 Å². The standard InChI is InChI=1S/C21H26N2O6/c1-25-20(26-2)13-28-15-5-6-17-14(10-15)7-8-23-18(17)11-19(22-21(23)24)29-12-16-4-3-9-27-16/h5-6,10-11,16,20H,3-4,7-9,12-13H2,1-2H3. The summed E-state index contributed by atoms with van der Waals surface area (Å²) in [5.41, 5.74) is 2.62. The fourth-order valence-corrected chi connectivity index (χ4v) is 3.70. The van der Waals surface area contributed by atoms with E-state index in [1.165, 1.54) is 0 Å². The van der Waals surface area contributed by atoms with Crippen LogP contribution in [0.4, 0.5) is 0 Å². The predicted octanol–water partition coefficient (Wildman–Crippen LogP) is 2.02. The Morgan fingerprint density at radius 1 is 1.24 bits per heavy atom. The Hall–Kier alpha value is -2.42. The minimum atomic E-state index is -0.417. The Labute approximate surface area is 169 Å². The summed E-state index contributed by atoms with van der Waals surface area (Å²) in [5, 5.41) is 0. The second-order valence-corrected chi connectivity index (χ2v) is 7.14. The summed E-state index contributed by atoms with van der Waals surface area (Å²) in [7, 11) is 3.15. The smallest absolute Gasteiger partial charge is 0.351 e. The van der Waals surface area contributed by atoms with Crippen LogP contribution in [0.3, 0.4) is 0 Å². The molecule has 0 aliphatic carbocycles. The minimum Gasteiger partial charge on any atom is -0.488 e. The van der Waals surface area contributed by atoms with Crippen molar-refractivity contribution >= 4 is 0 Å². The van der Waals surface area contributed by atoms with Crippen LogP contribution >= 0.6 is 0 Å². The minimum absolute atomic E-state index is 0.0746. The van der Waals surface area contributed by atoms with E-state index < -0.39 is 6.29 Å². The molecular formula is C21H26N2O6. The van der Waals surface area contributed by atoms with Crippen LogP contribution in [0.15, 0.2) is 29.1 Å². The highest BCUT2D eigenvalue weighted by molar-refractivity contribution is 5.67. The maximum absolute atomic E-state index is 12.5. The molecule has 1 unspecified atom stereocenters. The van der Waals surface area contributed by atoms with E-state index in [4.69, 9.17) is 23.7 Å². The number of hydrogen-bond acceptors (Lipinski definition) is 7. The van der Waals surface area contributed by atoms with Gasteiger partial charge in [0.15, 0.2) is 6.29 Å². The average Bonchev–Trinajstić information content (AvgIpc) is 3.26. The van der Waals surface area contributed by atoms with Gasteiger partial charge in [-0.3, -0.25) is 4.57 Å². The van der Waals surface area contributed by atoms with Crippen molar-refractivity contribution in [3.63, 3.8) is 0 Å². The Kier molecular flexibility index (Phi) is 6.13. The molecule has 156 valence electrons. The molecule has 4 rings (SSSR count). The maximum atomic E-state index is 12.5. The Balaban J connectivity index is 1.53. The Morgan fingerprint density at radius 3 is 2.86 bits per heavy atom. The zero-order chi connectivity index (χ0) is 20.2. The van der Waals surface area contributed by atoms with Crippen LogP contribution in [0.25, 0.3) is 11.3 Å². The number of hydrogen-bond donors (Lipinski definition) is 0. The summed E-state index contributed by atoms with van der Waals surface area (Å²) in [6.45, 7) is 2.05. The molecule has 1 fully saturated rings. The van der Waals surface area contributed by atoms with E-state index >= 15 is 0 Å². The van der Waals surface area contributed by atoms with Gasteiger partial charge >= 0.3 is 5.69 Å². The molecular weight excluding hydrogens is 376 g/mol. The molecule has 2 aromatic rings. The van der Waals surface area contributed by atoms with Gasteiger partial charge in [-0.2, -0.15) is 4.98 Å². The van der Waals surface area contributed by atoms with E-state index in [0.29, 0.717) is 25.6 Å². The third kappa shape index (κ3) is 4.44. The van der Waals surface area contributed by atoms with Crippen molar-refractivity contribution in [1.29, 1.82) is 0 Å². The summed E-state index contributed by atoms with van der Waals surface area (Å²) < 4.78 is 29.1. The number of fused-ring (bicyclic) bond motifs is 3. The molecule has 0 radical (unpaired) electrons. The van der Waals surface area contributed by atoms with Gasteiger partial charge in [0.05, 0.1) is 11.8 Å². The van der Waals surface area contributed by atoms with Crippen molar-refractivity contribution in [2.75, 3.05) is 34.0 Å². The van der Waals surface area contributed by atoms with E-state index in [2.05, 4.69) is 4.98 Å². The molecule has 3 heterocycles. The molecule has 0 spiro atoms. The third-order valence-corrected chi connectivity index (χ3v) is 5.30. The zero-order valence-electron chi connectivity index (χ0n) is 16.8. The van der Waals surface area contributed by atoms with Gasteiger partial charge in [-0.1, -0.05) is 0 Å². The molecule has 8 nitrogen and oxygen atoms in total. The number of nitrogens with zero attached hydrogens (tertiary/aromatic N) is 2. The van der Waals surface area contributed by atoms with Gasteiger partial charge < -0.3 is 23.7 Å². The first-order valence-electron chi connectivity index (χ1n) is 9.86. The SMILES string of the molecule is COC(COc1ccc2c(c1)CCn1c-2cc(OCC2CCCO2)nc1=O)OC. The molecule has 29 heavy (non-hydrogen) atoms. The molecule has 0 amide bonds. The fraction of sp³-hybridized carbons (Fsp3) is 0.524. The van der Waals surface area contributed by atoms with E-state index in [9.17, 15) is 4.79 Å².